The molecule has 1 aliphatic rings. The predicted molar refractivity (Wildman–Crippen MR) is 45.8 cm³/mol. The van der Waals surface area contributed by atoms with Crippen molar-refractivity contribution in [1.82, 2.24) is 10.2 Å². The summed E-state index contributed by atoms with van der Waals surface area (Å²) in [6, 6.07) is 0. The highest BCUT2D eigenvalue weighted by Crippen LogP contribution is 1.95. The Morgan fingerprint density at radius 3 is 2.69 bits per heavy atom. The van der Waals surface area contributed by atoms with Crippen LogP contribution in [0.25, 0.3) is 0 Å². The van der Waals surface area contributed by atoms with E-state index in [1.54, 1.807) is 0 Å². The van der Waals surface area contributed by atoms with E-state index in [1.807, 2.05) is 4.90 Å². The largest absolute Gasteiger partial charge is 0.379 e. The maximum Gasteiger partial charge on any atom is 0.234 e. The molecule has 0 spiro atoms. The summed E-state index contributed by atoms with van der Waals surface area (Å²) in [4.78, 5) is 13.2. The summed E-state index contributed by atoms with van der Waals surface area (Å²) in [6.45, 7) is 3.32. The van der Waals surface area contributed by atoms with Crippen molar-refractivity contribution in [2.75, 3.05) is 46.0 Å². The Morgan fingerprint density at radius 2 is 2.08 bits per heavy atom. The Hall–Kier alpha value is -0.650. The number of ether oxygens (including phenoxy) is 1. The van der Waals surface area contributed by atoms with Gasteiger partial charge in [-0.15, -0.1) is 0 Å². The number of carbonyl (C=O) groups excluding carboxylic acids is 1. The van der Waals surface area contributed by atoms with E-state index in [0.717, 1.165) is 13.1 Å². The van der Waals surface area contributed by atoms with Gasteiger partial charge in [-0.25, -0.2) is 5.11 Å². The van der Waals surface area contributed by atoms with Crippen LogP contribution in [0.4, 0.5) is 0 Å². The van der Waals surface area contributed by atoms with Crippen molar-refractivity contribution in [1.29, 1.82) is 0 Å². The highest BCUT2D eigenvalue weighted by molar-refractivity contribution is 5.77. The van der Waals surface area contributed by atoms with Gasteiger partial charge in [0.2, 0.25) is 5.91 Å². The van der Waals surface area contributed by atoms with Gasteiger partial charge >= 0.3 is 0 Å². The van der Waals surface area contributed by atoms with Crippen molar-refractivity contribution >= 4 is 5.91 Å². The highest BCUT2D eigenvalue weighted by Gasteiger charge is 2.13. The van der Waals surface area contributed by atoms with Crippen molar-refractivity contribution in [2.45, 2.75) is 0 Å². The molecule has 1 radical (unpaired) electrons. The van der Waals surface area contributed by atoms with Crippen molar-refractivity contribution < 1.29 is 14.6 Å². The van der Waals surface area contributed by atoms with E-state index in [0.29, 0.717) is 19.8 Å². The van der Waals surface area contributed by atoms with Gasteiger partial charge in [-0.2, -0.15) is 0 Å². The zero-order valence-electron chi connectivity index (χ0n) is 7.62. The smallest absolute Gasteiger partial charge is 0.234 e. The van der Waals surface area contributed by atoms with E-state index in [4.69, 9.17) is 4.74 Å². The maximum atomic E-state index is 11.1. The molecule has 0 aromatic heterocycles. The molecule has 0 atom stereocenters. The quantitative estimate of drug-likeness (QED) is 0.605. The van der Waals surface area contributed by atoms with E-state index in [9.17, 15) is 9.90 Å². The van der Waals surface area contributed by atoms with Gasteiger partial charge in [0, 0.05) is 19.6 Å². The van der Waals surface area contributed by atoms with Crippen LogP contribution in [0.3, 0.4) is 0 Å². The number of amides is 1. The second-order valence-corrected chi connectivity index (χ2v) is 2.94. The molecule has 0 aliphatic carbocycles. The third-order valence-electron chi connectivity index (χ3n) is 1.90. The normalized spacial score (nSPS) is 18.5. The Morgan fingerprint density at radius 1 is 1.38 bits per heavy atom. The molecule has 5 nitrogen and oxygen atoms in total. The van der Waals surface area contributed by atoms with Gasteiger partial charge in [0.05, 0.1) is 26.4 Å². The Labute approximate surface area is 77.7 Å². The molecule has 1 saturated heterocycles. The van der Waals surface area contributed by atoms with Gasteiger partial charge in [0.15, 0.2) is 0 Å². The summed E-state index contributed by atoms with van der Waals surface area (Å²) in [5.74, 6) is -0.0715. The molecule has 1 heterocycles. The third-order valence-corrected chi connectivity index (χ3v) is 1.90. The van der Waals surface area contributed by atoms with Crippen molar-refractivity contribution in [3.05, 3.63) is 0 Å². The lowest BCUT2D eigenvalue weighted by Gasteiger charge is -2.25. The van der Waals surface area contributed by atoms with Crippen LogP contribution in [-0.4, -0.2) is 56.8 Å². The van der Waals surface area contributed by atoms with Gasteiger partial charge < -0.3 is 10.1 Å². The third kappa shape index (κ3) is 4.21. The number of carbonyl (C=O) groups is 1. The van der Waals surface area contributed by atoms with Gasteiger partial charge in [0.1, 0.15) is 0 Å². The lowest BCUT2D eigenvalue weighted by Crippen LogP contribution is -2.43. The summed E-state index contributed by atoms with van der Waals surface area (Å²) in [6.07, 6.45) is 0. The van der Waals surface area contributed by atoms with Crippen LogP contribution in [0.1, 0.15) is 0 Å². The van der Waals surface area contributed by atoms with E-state index >= 15 is 0 Å². The molecular formula is C8H15N2O3. The van der Waals surface area contributed by atoms with Crippen LogP contribution in [0, 0.1) is 0 Å². The maximum absolute atomic E-state index is 11.1. The van der Waals surface area contributed by atoms with E-state index in [1.165, 1.54) is 0 Å². The van der Waals surface area contributed by atoms with Gasteiger partial charge in [-0.1, -0.05) is 0 Å². The summed E-state index contributed by atoms with van der Waals surface area (Å²) >= 11 is 0. The monoisotopic (exact) mass is 187 g/mol. The molecule has 13 heavy (non-hydrogen) atoms. The van der Waals surface area contributed by atoms with Crippen LogP contribution in [0.15, 0.2) is 0 Å². The zero-order valence-corrected chi connectivity index (χ0v) is 7.62. The lowest BCUT2D eigenvalue weighted by atomic mass is 10.4. The van der Waals surface area contributed by atoms with Crippen molar-refractivity contribution in [3.63, 3.8) is 0 Å². The minimum Gasteiger partial charge on any atom is -0.379 e. The average Bonchev–Trinajstić information content (AvgIpc) is 2.16. The lowest BCUT2D eigenvalue weighted by molar-refractivity contribution is -0.123. The number of morpholine rings is 1. The molecule has 0 unspecified atom stereocenters. The van der Waals surface area contributed by atoms with Gasteiger partial charge in [0.25, 0.3) is 0 Å². The molecule has 0 aromatic carbocycles. The molecular weight excluding hydrogens is 172 g/mol. The first-order chi connectivity index (χ1) is 6.33. The summed E-state index contributed by atoms with van der Waals surface area (Å²) in [7, 11) is 0. The fraction of sp³-hybridized carbons (Fsp3) is 0.875. The number of nitrogens with zero attached hydrogens (tertiary/aromatic N) is 1. The molecule has 0 saturated carbocycles. The molecule has 0 aromatic rings. The van der Waals surface area contributed by atoms with Crippen LogP contribution < -0.4 is 5.32 Å². The first-order valence-electron chi connectivity index (χ1n) is 4.48. The first-order valence-corrected chi connectivity index (χ1v) is 4.48. The molecule has 5 heteroatoms. The van der Waals surface area contributed by atoms with E-state index in [2.05, 4.69) is 5.32 Å². The Kier molecular flexibility index (Phi) is 4.74. The van der Waals surface area contributed by atoms with Gasteiger partial charge in [-0.3, -0.25) is 9.69 Å². The summed E-state index contributed by atoms with van der Waals surface area (Å²) < 4.78 is 5.14. The second kappa shape index (κ2) is 5.90. The highest BCUT2D eigenvalue weighted by atomic mass is 16.5. The van der Waals surface area contributed by atoms with Crippen LogP contribution in [-0.2, 0) is 14.6 Å². The topological polar surface area (TPSA) is 61.5 Å². The number of hydrogen-bond donors (Lipinski definition) is 1. The Bertz CT molecular complexity index is 157. The standard InChI is InChI=1S/C8H15N2O3/c11-4-1-9-8(12)7-10-2-5-13-6-3-10/h1-7H2,(H,9,12). The zero-order chi connectivity index (χ0) is 9.52. The average molecular weight is 187 g/mol. The van der Waals surface area contributed by atoms with Crippen molar-refractivity contribution in [3.8, 4) is 0 Å². The first kappa shape index (κ1) is 10.4. The van der Waals surface area contributed by atoms with Crippen LogP contribution in [0.5, 0.6) is 0 Å². The molecule has 1 amide bonds. The van der Waals surface area contributed by atoms with Crippen LogP contribution in [0.2, 0.25) is 0 Å². The minimum absolute atomic E-state index is 0.0715. The van der Waals surface area contributed by atoms with Gasteiger partial charge in [-0.05, 0) is 0 Å². The number of rotatable bonds is 4. The summed E-state index contributed by atoms with van der Waals surface area (Å²) in [5.41, 5.74) is 0. The van der Waals surface area contributed by atoms with E-state index < -0.39 is 0 Å². The van der Waals surface area contributed by atoms with Crippen molar-refractivity contribution in [2.24, 2.45) is 0 Å². The minimum atomic E-state index is -0.255. The number of nitrogens with one attached hydrogen (secondary N) is 1. The van der Waals surface area contributed by atoms with E-state index in [-0.39, 0.29) is 19.1 Å². The molecule has 75 valence electrons. The Balaban J connectivity index is 2.11. The molecule has 0 bridgehead atoms. The summed E-state index contributed by atoms with van der Waals surface area (Å²) in [5, 5.41) is 12.6. The molecule has 1 rings (SSSR count). The van der Waals surface area contributed by atoms with Crippen LogP contribution >= 0.6 is 0 Å². The molecule has 1 aliphatic heterocycles. The fourth-order valence-electron chi connectivity index (χ4n) is 1.21. The SMILES string of the molecule is [O]CCNC(=O)CN1CCOCC1. The molecule has 1 N–H and O–H groups in total. The number of hydrogen-bond acceptors (Lipinski definition) is 3. The predicted octanol–water partition coefficient (Wildman–Crippen LogP) is -1.13. The fourth-order valence-corrected chi connectivity index (χ4v) is 1.21. The second-order valence-electron chi connectivity index (χ2n) is 2.94. The molecule has 1 fully saturated rings.